The summed E-state index contributed by atoms with van der Waals surface area (Å²) >= 11 is 5.25. The second-order valence-electron chi connectivity index (χ2n) is 5.24. The van der Waals surface area contributed by atoms with Crippen LogP contribution in [0, 0.1) is 5.82 Å². The van der Waals surface area contributed by atoms with Gasteiger partial charge < -0.3 is 4.74 Å². The molecule has 0 aliphatic carbocycles. The SMILES string of the molecule is CCCCCCCCCCOc1ccc(C(=O)Cl)c(F)c1. The van der Waals surface area contributed by atoms with Crippen LogP contribution in [0.3, 0.4) is 0 Å². The molecular weight excluding hydrogens is 291 g/mol. The predicted octanol–water partition coefficient (Wildman–Crippen LogP) is 5.72. The minimum absolute atomic E-state index is 0.115. The summed E-state index contributed by atoms with van der Waals surface area (Å²) in [4.78, 5) is 10.9. The van der Waals surface area contributed by atoms with Crippen LogP contribution in [-0.4, -0.2) is 11.8 Å². The van der Waals surface area contributed by atoms with E-state index >= 15 is 0 Å². The molecule has 0 unspecified atom stereocenters. The lowest BCUT2D eigenvalue weighted by molar-refractivity contribution is 0.107. The summed E-state index contributed by atoms with van der Waals surface area (Å²) in [6.07, 6.45) is 9.85. The number of ether oxygens (including phenoxy) is 1. The molecule has 0 spiro atoms. The smallest absolute Gasteiger partial charge is 0.255 e. The zero-order chi connectivity index (χ0) is 15.5. The first-order valence-corrected chi connectivity index (χ1v) is 8.15. The van der Waals surface area contributed by atoms with E-state index < -0.39 is 11.1 Å². The lowest BCUT2D eigenvalue weighted by atomic mass is 10.1. The average molecular weight is 315 g/mol. The highest BCUT2D eigenvalue weighted by molar-refractivity contribution is 6.67. The second kappa shape index (κ2) is 10.6. The summed E-state index contributed by atoms with van der Waals surface area (Å²) in [6.45, 7) is 2.79. The fourth-order valence-electron chi connectivity index (χ4n) is 2.17. The second-order valence-corrected chi connectivity index (χ2v) is 5.58. The fraction of sp³-hybridized carbons (Fsp3) is 0.588. The lowest BCUT2D eigenvalue weighted by Gasteiger charge is -2.07. The van der Waals surface area contributed by atoms with Crippen molar-refractivity contribution in [3.05, 3.63) is 29.6 Å². The van der Waals surface area contributed by atoms with Crippen LogP contribution in [0.15, 0.2) is 18.2 Å². The van der Waals surface area contributed by atoms with E-state index in [4.69, 9.17) is 16.3 Å². The molecule has 0 radical (unpaired) electrons. The first-order valence-electron chi connectivity index (χ1n) is 7.77. The molecule has 0 aromatic heterocycles. The number of hydrogen-bond donors (Lipinski definition) is 0. The predicted molar refractivity (Wildman–Crippen MR) is 84.7 cm³/mol. The van der Waals surface area contributed by atoms with E-state index in [1.807, 2.05) is 0 Å². The number of halogens is 2. The van der Waals surface area contributed by atoms with Gasteiger partial charge >= 0.3 is 0 Å². The van der Waals surface area contributed by atoms with E-state index in [2.05, 4.69) is 6.92 Å². The molecule has 0 N–H and O–H groups in total. The van der Waals surface area contributed by atoms with Gasteiger partial charge in [0.25, 0.3) is 5.24 Å². The van der Waals surface area contributed by atoms with Crippen molar-refractivity contribution in [3.63, 3.8) is 0 Å². The Kier molecular flexibility index (Phi) is 9.07. The van der Waals surface area contributed by atoms with Crippen LogP contribution in [0.4, 0.5) is 4.39 Å². The molecule has 0 amide bonds. The van der Waals surface area contributed by atoms with Crippen LogP contribution in [0.5, 0.6) is 5.75 Å². The Balaban J connectivity index is 2.13. The number of hydrogen-bond acceptors (Lipinski definition) is 2. The van der Waals surface area contributed by atoms with E-state index in [0.717, 1.165) is 12.8 Å². The van der Waals surface area contributed by atoms with Gasteiger partial charge in [-0.05, 0) is 30.2 Å². The molecule has 1 aromatic carbocycles. The van der Waals surface area contributed by atoms with Crippen LogP contribution in [0.1, 0.15) is 68.6 Å². The van der Waals surface area contributed by atoms with E-state index in [0.29, 0.717) is 12.4 Å². The Bertz CT molecular complexity index is 435. The minimum atomic E-state index is -0.790. The fourth-order valence-corrected chi connectivity index (χ4v) is 2.32. The van der Waals surface area contributed by atoms with Gasteiger partial charge in [-0.1, -0.05) is 51.9 Å². The van der Waals surface area contributed by atoms with Gasteiger partial charge in [0.15, 0.2) is 0 Å². The first kappa shape index (κ1) is 18.0. The molecule has 0 bridgehead atoms. The molecule has 0 aliphatic rings. The molecule has 2 nitrogen and oxygen atoms in total. The van der Waals surface area contributed by atoms with Gasteiger partial charge in [-0.3, -0.25) is 4.79 Å². The molecule has 21 heavy (non-hydrogen) atoms. The van der Waals surface area contributed by atoms with E-state index in [1.165, 1.54) is 50.7 Å². The summed E-state index contributed by atoms with van der Waals surface area (Å²) in [5, 5.41) is -0.790. The maximum atomic E-state index is 13.5. The molecule has 1 rings (SSSR count). The topological polar surface area (TPSA) is 26.3 Å². The van der Waals surface area contributed by atoms with Crippen LogP contribution in [0.25, 0.3) is 0 Å². The maximum absolute atomic E-state index is 13.5. The molecule has 0 saturated carbocycles. The molecule has 0 saturated heterocycles. The van der Waals surface area contributed by atoms with E-state index in [1.54, 1.807) is 6.07 Å². The number of unbranched alkanes of at least 4 members (excludes halogenated alkanes) is 7. The summed E-state index contributed by atoms with van der Waals surface area (Å²) in [6, 6.07) is 4.14. The van der Waals surface area contributed by atoms with Gasteiger partial charge in [0.2, 0.25) is 0 Å². The van der Waals surface area contributed by atoms with Gasteiger partial charge in [-0.25, -0.2) is 4.39 Å². The number of carbonyl (C=O) groups is 1. The molecular formula is C17H24ClFO2. The molecule has 1 aromatic rings. The standard InChI is InChI=1S/C17H24ClFO2/c1-2-3-4-5-6-7-8-9-12-21-14-10-11-15(17(18)20)16(19)13-14/h10-11,13H,2-9,12H2,1H3. The van der Waals surface area contributed by atoms with E-state index in [-0.39, 0.29) is 5.56 Å². The van der Waals surface area contributed by atoms with Gasteiger partial charge in [-0.2, -0.15) is 0 Å². The van der Waals surface area contributed by atoms with Crippen molar-refractivity contribution in [1.29, 1.82) is 0 Å². The third kappa shape index (κ3) is 7.47. The normalized spacial score (nSPS) is 10.6. The minimum Gasteiger partial charge on any atom is -0.493 e. The zero-order valence-corrected chi connectivity index (χ0v) is 13.4. The monoisotopic (exact) mass is 314 g/mol. The summed E-state index contributed by atoms with van der Waals surface area (Å²) in [5.41, 5.74) is -0.115. The van der Waals surface area contributed by atoms with Crippen molar-refractivity contribution in [2.24, 2.45) is 0 Å². The van der Waals surface area contributed by atoms with Crippen LogP contribution >= 0.6 is 11.6 Å². The molecule has 118 valence electrons. The highest BCUT2D eigenvalue weighted by atomic mass is 35.5. The Morgan fingerprint density at radius 1 is 1.10 bits per heavy atom. The summed E-state index contributed by atoms with van der Waals surface area (Å²) < 4.78 is 19.0. The molecule has 4 heteroatoms. The van der Waals surface area contributed by atoms with E-state index in [9.17, 15) is 9.18 Å². The lowest BCUT2D eigenvalue weighted by Crippen LogP contribution is -2.00. The van der Waals surface area contributed by atoms with Gasteiger partial charge in [0.05, 0.1) is 12.2 Å². The van der Waals surface area contributed by atoms with Crippen molar-refractivity contribution in [1.82, 2.24) is 0 Å². The summed E-state index contributed by atoms with van der Waals surface area (Å²) in [7, 11) is 0. The molecule has 0 fully saturated rings. The summed E-state index contributed by atoms with van der Waals surface area (Å²) in [5.74, 6) is -0.194. The Labute approximate surface area is 131 Å². The highest BCUT2D eigenvalue weighted by Gasteiger charge is 2.09. The van der Waals surface area contributed by atoms with Crippen molar-refractivity contribution >= 4 is 16.8 Å². The average Bonchev–Trinajstić information content (AvgIpc) is 2.45. The highest BCUT2D eigenvalue weighted by Crippen LogP contribution is 2.18. The van der Waals surface area contributed by atoms with Crippen molar-refractivity contribution < 1.29 is 13.9 Å². The first-order chi connectivity index (χ1) is 10.1. The van der Waals surface area contributed by atoms with Gasteiger partial charge in [0, 0.05) is 6.07 Å². The third-order valence-electron chi connectivity index (χ3n) is 3.42. The molecule has 0 atom stereocenters. The number of benzene rings is 1. The van der Waals surface area contributed by atoms with Crippen molar-refractivity contribution in [2.45, 2.75) is 58.3 Å². The Hall–Kier alpha value is -1.09. The molecule has 0 heterocycles. The quantitative estimate of drug-likeness (QED) is 0.385. The molecule has 0 aliphatic heterocycles. The number of rotatable bonds is 11. The van der Waals surface area contributed by atoms with Crippen molar-refractivity contribution in [2.75, 3.05) is 6.61 Å². The van der Waals surface area contributed by atoms with Gasteiger partial charge in [0.1, 0.15) is 11.6 Å². The van der Waals surface area contributed by atoms with Crippen molar-refractivity contribution in [3.8, 4) is 5.75 Å². The maximum Gasteiger partial charge on any atom is 0.255 e. The Morgan fingerprint density at radius 2 is 1.71 bits per heavy atom. The van der Waals surface area contributed by atoms with Crippen LogP contribution in [0.2, 0.25) is 0 Å². The number of carbonyl (C=O) groups excluding carboxylic acids is 1. The third-order valence-corrected chi connectivity index (χ3v) is 3.62. The van der Waals surface area contributed by atoms with Crippen LogP contribution in [-0.2, 0) is 0 Å². The van der Waals surface area contributed by atoms with Crippen LogP contribution < -0.4 is 4.74 Å². The largest absolute Gasteiger partial charge is 0.493 e. The Morgan fingerprint density at radius 3 is 2.29 bits per heavy atom. The van der Waals surface area contributed by atoms with Gasteiger partial charge in [-0.15, -0.1) is 0 Å². The zero-order valence-electron chi connectivity index (χ0n) is 12.7.